The predicted molar refractivity (Wildman–Crippen MR) is 73.2 cm³/mol. The molecule has 1 atom stereocenters. The first kappa shape index (κ1) is 13.9. The van der Waals surface area contributed by atoms with E-state index in [1.54, 1.807) is 0 Å². The van der Waals surface area contributed by atoms with Crippen LogP contribution in [-0.4, -0.2) is 6.04 Å². The van der Waals surface area contributed by atoms with Crippen molar-refractivity contribution in [1.29, 1.82) is 5.26 Å². The first-order valence-corrected chi connectivity index (χ1v) is 6.55. The topological polar surface area (TPSA) is 35.8 Å². The molecule has 0 saturated heterocycles. The van der Waals surface area contributed by atoms with Crippen LogP contribution in [0.25, 0.3) is 0 Å². The van der Waals surface area contributed by atoms with Gasteiger partial charge in [-0.1, -0.05) is 50.3 Å². The highest BCUT2D eigenvalue weighted by Gasteiger charge is 2.06. The number of rotatable bonds is 7. The van der Waals surface area contributed by atoms with Gasteiger partial charge in [-0.2, -0.15) is 5.26 Å². The number of unbranched alkanes of at least 4 members (excludes halogenated alkanes) is 3. The summed E-state index contributed by atoms with van der Waals surface area (Å²) in [6.45, 7) is 2.19. The van der Waals surface area contributed by atoms with Crippen LogP contribution in [0.4, 0.5) is 5.69 Å². The molecule has 0 aliphatic carbocycles. The number of benzene rings is 1. The van der Waals surface area contributed by atoms with E-state index in [1.807, 2.05) is 24.3 Å². The molecule has 0 bridgehead atoms. The van der Waals surface area contributed by atoms with Crippen molar-refractivity contribution in [2.45, 2.75) is 45.1 Å². The van der Waals surface area contributed by atoms with E-state index in [9.17, 15) is 0 Å². The lowest BCUT2D eigenvalue weighted by Gasteiger charge is -2.12. The highest BCUT2D eigenvalue weighted by atomic mass is 35.5. The fourth-order valence-corrected chi connectivity index (χ4v) is 1.91. The maximum absolute atomic E-state index is 9.07. The van der Waals surface area contributed by atoms with Crippen LogP contribution in [0.15, 0.2) is 24.3 Å². The van der Waals surface area contributed by atoms with Gasteiger partial charge in [0.25, 0.3) is 0 Å². The summed E-state index contributed by atoms with van der Waals surface area (Å²) in [6, 6.07) is 9.66. The zero-order chi connectivity index (χ0) is 12.5. The van der Waals surface area contributed by atoms with E-state index in [2.05, 4.69) is 18.3 Å². The average Bonchev–Trinajstić information content (AvgIpc) is 2.33. The van der Waals surface area contributed by atoms with Gasteiger partial charge in [-0.05, 0) is 24.6 Å². The lowest BCUT2D eigenvalue weighted by atomic mass is 10.1. The third kappa shape index (κ3) is 5.60. The number of nitriles is 1. The van der Waals surface area contributed by atoms with Gasteiger partial charge in [-0.3, -0.25) is 0 Å². The Hall–Kier alpha value is -1.20. The van der Waals surface area contributed by atoms with E-state index < -0.39 is 0 Å². The van der Waals surface area contributed by atoms with Crippen LogP contribution in [0.3, 0.4) is 0 Å². The van der Waals surface area contributed by atoms with Crippen molar-refractivity contribution >= 4 is 17.3 Å². The Morgan fingerprint density at radius 1 is 1.35 bits per heavy atom. The molecule has 92 valence electrons. The van der Waals surface area contributed by atoms with Crippen LogP contribution in [0.5, 0.6) is 0 Å². The number of nitrogens with zero attached hydrogens (tertiary/aromatic N) is 1. The lowest BCUT2D eigenvalue weighted by molar-refractivity contribution is 0.618. The van der Waals surface area contributed by atoms with Crippen molar-refractivity contribution in [3.8, 4) is 6.07 Å². The second-order valence-electron chi connectivity index (χ2n) is 4.19. The summed E-state index contributed by atoms with van der Waals surface area (Å²) in [6.07, 6.45) is 5.66. The van der Waals surface area contributed by atoms with Crippen LogP contribution in [0.2, 0.25) is 5.02 Å². The number of hydrogen-bond donors (Lipinski definition) is 1. The first-order chi connectivity index (χ1) is 8.26. The zero-order valence-corrected chi connectivity index (χ0v) is 11.0. The standard InChI is InChI=1S/C14H19ClN2/c1-2-3-4-5-8-14(11-16)17-13-9-6-7-12(15)10-13/h6-7,9-10,14,17H,2-5,8H2,1H3. The molecule has 0 amide bonds. The molecule has 0 spiro atoms. The van der Waals surface area contributed by atoms with Gasteiger partial charge >= 0.3 is 0 Å². The number of nitrogens with one attached hydrogen (secondary N) is 1. The van der Waals surface area contributed by atoms with Crippen LogP contribution >= 0.6 is 11.6 Å². The Kier molecular flexibility index (Phi) is 6.50. The van der Waals surface area contributed by atoms with E-state index in [0.29, 0.717) is 5.02 Å². The van der Waals surface area contributed by atoms with E-state index in [-0.39, 0.29) is 6.04 Å². The van der Waals surface area contributed by atoms with Crippen LogP contribution < -0.4 is 5.32 Å². The van der Waals surface area contributed by atoms with Crippen molar-refractivity contribution in [2.75, 3.05) is 5.32 Å². The fourth-order valence-electron chi connectivity index (χ4n) is 1.72. The maximum Gasteiger partial charge on any atom is 0.114 e. The molecule has 17 heavy (non-hydrogen) atoms. The van der Waals surface area contributed by atoms with Gasteiger partial charge in [0.2, 0.25) is 0 Å². The molecule has 0 aliphatic rings. The van der Waals surface area contributed by atoms with E-state index in [0.717, 1.165) is 18.5 Å². The minimum atomic E-state index is -0.120. The molecule has 2 nitrogen and oxygen atoms in total. The summed E-state index contributed by atoms with van der Waals surface area (Å²) in [5.74, 6) is 0. The monoisotopic (exact) mass is 250 g/mol. The molecule has 0 heterocycles. The van der Waals surface area contributed by atoms with Crippen molar-refractivity contribution < 1.29 is 0 Å². The van der Waals surface area contributed by atoms with Crippen molar-refractivity contribution in [3.63, 3.8) is 0 Å². The molecule has 1 aromatic rings. The van der Waals surface area contributed by atoms with Crippen LogP contribution in [0, 0.1) is 11.3 Å². The van der Waals surface area contributed by atoms with Crippen LogP contribution in [0.1, 0.15) is 39.0 Å². The summed E-state index contributed by atoms with van der Waals surface area (Å²) >= 11 is 5.89. The van der Waals surface area contributed by atoms with Gasteiger partial charge in [-0.15, -0.1) is 0 Å². The maximum atomic E-state index is 9.07. The van der Waals surface area contributed by atoms with Gasteiger partial charge in [0.15, 0.2) is 0 Å². The smallest absolute Gasteiger partial charge is 0.114 e. The number of anilines is 1. The largest absolute Gasteiger partial charge is 0.370 e. The van der Waals surface area contributed by atoms with Gasteiger partial charge in [-0.25, -0.2) is 0 Å². The predicted octanol–water partition coefficient (Wildman–Crippen LogP) is 4.61. The quantitative estimate of drug-likeness (QED) is 0.717. The minimum absolute atomic E-state index is 0.120. The van der Waals surface area contributed by atoms with E-state index in [4.69, 9.17) is 16.9 Å². The molecule has 1 rings (SSSR count). The van der Waals surface area contributed by atoms with E-state index >= 15 is 0 Å². The summed E-state index contributed by atoms with van der Waals surface area (Å²) in [5.41, 5.74) is 0.916. The first-order valence-electron chi connectivity index (χ1n) is 6.18. The summed E-state index contributed by atoms with van der Waals surface area (Å²) in [7, 11) is 0. The van der Waals surface area contributed by atoms with E-state index in [1.165, 1.54) is 19.3 Å². The average molecular weight is 251 g/mol. The third-order valence-electron chi connectivity index (χ3n) is 2.67. The number of hydrogen-bond acceptors (Lipinski definition) is 2. The highest BCUT2D eigenvalue weighted by Crippen LogP contribution is 2.17. The third-order valence-corrected chi connectivity index (χ3v) is 2.90. The Morgan fingerprint density at radius 3 is 2.82 bits per heavy atom. The molecule has 1 unspecified atom stereocenters. The molecule has 0 fully saturated rings. The fraction of sp³-hybridized carbons (Fsp3) is 0.500. The lowest BCUT2D eigenvalue weighted by Crippen LogP contribution is -2.16. The highest BCUT2D eigenvalue weighted by molar-refractivity contribution is 6.30. The van der Waals surface area contributed by atoms with Gasteiger partial charge in [0.1, 0.15) is 6.04 Å². The second kappa shape index (κ2) is 7.97. The Morgan fingerprint density at radius 2 is 2.18 bits per heavy atom. The molecule has 0 radical (unpaired) electrons. The Bertz CT molecular complexity index is 371. The summed E-state index contributed by atoms with van der Waals surface area (Å²) < 4.78 is 0. The molecule has 0 aromatic heterocycles. The second-order valence-corrected chi connectivity index (χ2v) is 4.62. The van der Waals surface area contributed by atoms with Crippen molar-refractivity contribution in [3.05, 3.63) is 29.3 Å². The van der Waals surface area contributed by atoms with Gasteiger partial charge < -0.3 is 5.32 Å². The molecular weight excluding hydrogens is 232 g/mol. The SMILES string of the molecule is CCCCCCC(C#N)Nc1cccc(Cl)c1. The zero-order valence-electron chi connectivity index (χ0n) is 10.2. The molecule has 0 aliphatic heterocycles. The van der Waals surface area contributed by atoms with Gasteiger partial charge in [0, 0.05) is 10.7 Å². The molecule has 0 saturated carbocycles. The molecule has 1 aromatic carbocycles. The van der Waals surface area contributed by atoms with Gasteiger partial charge in [0.05, 0.1) is 6.07 Å². The molecule has 1 N–H and O–H groups in total. The minimum Gasteiger partial charge on any atom is -0.370 e. The van der Waals surface area contributed by atoms with Crippen molar-refractivity contribution in [2.24, 2.45) is 0 Å². The Labute approximate surface area is 109 Å². The number of halogens is 1. The molecule has 3 heteroatoms. The normalized spacial score (nSPS) is 11.8. The Balaban J connectivity index is 2.39. The van der Waals surface area contributed by atoms with Crippen LogP contribution in [-0.2, 0) is 0 Å². The van der Waals surface area contributed by atoms with Crippen molar-refractivity contribution in [1.82, 2.24) is 0 Å². The summed E-state index contributed by atoms with van der Waals surface area (Å²) in [4.78, 5) is 0. The summed E-state index contributed by atoms with van der Waals surface area (Å²) in [5, 5.41) is 13.0. The molecular formula is C14H19ClN2.